The lowest BCUT2D eigenvalue weighted by Crippen LogP contribution is -2.20. The first kappa shape index (κ1) is 9.39. The van der Waals surface area contributed by atoms with Crippen molar-refractivity contribution >= 4 is 5.69 Å². The molecule has 68 valence electrons. The molecule has 0 saturated heterocycles. The van der Waals surface area contributed by atoms with Crippen molar-refractivity contribution in [1.82, 2.24) is 0 Å². The van der Waals surface area contributed by atoms with E-state index in [9.17, 15) is 13.2 Å². The molecule has 0 radical (unpaired) electrons. The lowest BCUT2D eigenvalue weighted by molar-refractivity contribution is -0.0999. The molecule has 1 aromatic carbocycles. The number of nitriles is 1. The third-order valence-electron chi connectivity index (χ3n) is 1.30. The maximum atomic E-state index is 11.7. The molecule has 0 aliphatic heterocycles. The van der Waals surface area contributed by atoms with E-state index >= 15 is 0 Å². The predicted molar refractivity (Wildman–Crippen MR) is 40.8 cm³/mol. The molecule has 13 heavy (non-hydrogen) atoms. The Kier molecular flexibility index (Phi) is 2.42. The number of nitrogens with zero attached hydrogens (tertiary/aromatic N) is 1. The molecule has 0 amide bonds. The summed E-state index contributed by atoms with van der Waals surface area (Å²) in [5.74, 6) is 0. The first-order chi connectivity index (χ1) is 6.01. The summed E-state index contributed by atoms with van der Waals surface area (Å²) in [5, 5.41) is 9.69. The van der Waals surface area contributed by atoms with Crippen LogP contribution in [0.5, 0.6) is 0 Å². The van der Waals surface area contributed by atoms with Crippen LogP contribution in [0, 0.1) is 11.3 Å². The Morgan fingerprint density at radius 2 is 1.69 bits per heavy atom. The van der Waals surface area contributed by atoms with E-state index in [1.165, 1.54) is 29.6 Å². The molecule has 1 rings (SSSR count). The van der Waals surface area contributed by atoms with Crippen molar-refractivity contribution in [2.75, 3.05) is 5.32 Å². The fourth-order valence-corrected chi connectivity index (χ4v) is 0.792. The van der Waals surface area contributed by atoms with Gasteiger partial charge in [-0.3, -0.25) is 5.32 Å². The van der Waals surface area contributed by atoms with Crippen LogP contribution in [0.25, 0.3) is 0 Å². The molecular weight excluding hydrogens is 181 g/mol. The Bertz CT molecular complexity index is 321. The third-order valence-corrected chi connectivity index (χ3v) is 1.30. The molecule has 0 saturated carbocycles. The van der Waals surface area contributed by atoms with E-state index in [0.717, 1.165) is 0 Å². The molecule has 0 atom stereocenters. The van der Waals surface area contributed by atoms with Crippen molar-refractivity contribution < 1.29 is 13.2 Å². The molecule has 0 aliphatic carbocycles. The van der Waals surface area contributed by atoms with Gasteiger partial charge in [0, 0.05) is 5.69 Å². The number of anilines is 1. The van der Waals surface area contributed by atoms with Crippen LogP contribution < -0.4 is 5.32 Å². The summed E-state index contributed by atoms with van der Waals surface area (Å²) in [6.45, 7) is 0. The van der Waals surface area contributed by atoms with Gasteiger partial charge in [-0.25, -0.2) is 0 Å². The van der Waals surface area contributed by atoms with Gasteiger partial charge in [0.25, 0.3) is 0 Å². The molecule has 0 aromatic heterocycles. The maximum absolute atomic E-state index is 11.7. The number of hydrogen-bond donors (Lipinski definition) is 1. The third kappa shape index (κ3) is 3.03. The minimum atomic E-state index is -4.44. The fourth-order valence-electron chi connectivity index (χ4n) is 0.792. The van der Waals surface area contributed by atoms with Gasteiger partial charge in [0.15, 0.2) is 0 Å². The topological polar surface area (TPSA) is 35.8 Å². The summed E-state index contributed by atoms with van der Waals surface area (Å²) in [4.78, 5) is 0. The van der Waals surface area contributed by atoms with Gasteiger partial charge in [-0.15, -0.1) is 0 Å². The van der Waals surface area contributed by atoms with E-state index in [-0.39, 0.29) is 5.69 Å². The second-order valence-electron chi connectivity index (χ2n) is 2.31. The molecule has 5 heteroatoms. The highest BCUT2D eigenvalue weighted by molar-refractivity contribution is 5.47. The summed E-state index contributed by atoms with van der Waals surface area (Å²) in [6.07, 6.45) is -4.44. The Morgan fingerprint density at radius 1 is 1.15 bits per heavy atom. The summed E-state index contributed by atoms with van der Waals surface area (Å²) < 4.78 is 35.2. The van der Waals surface area contributed by atoms with Crippen LogP contribution in [0.2, 0.25) is 0 Å². The smallest absolute Gasteiger partial charge is 0.298 e. The normalized spacial score (nSPS) is 10.6. The van der Waals surface area contributed by atoms with E-state index < -0.39 is 6.30 Å². The molecule has 0 unspecified atom stereocenters. The zero-order chi connectivity index (χ0) is 9.90. The van der Waals surface area contributed by atoms with Crippen LogP contribution in [0.4, 0.5) is 18.9 Å². The van der Waals surface area contributed by atoms with Gasteiger partial charge in [-0.05, 0) is 24.3 Å². The Labute approximate surface area is 72.6 Å². The lowest BCUT2D eigenvalue weighted by Gasteiger charge is -2.08. The molecule has 0 fully saturated rings. The van der Waals surface area contributed by atoms with Crippen molar-refractivity contribution in [2.45, 2.75) is 6.30 Å². The maximum Gasteiger partial charge on any atom is 0.482 e. The van der Waals surface area contributed by atoms with E-state index in [1.54, 1.807) is 0 Å². The van der Waals surface area contributed by atoms with Gasteiger partial charge in [-0.1, -0.05) is 0 Å². The molecule has 0 aliphatic rings. The quantitative estimate of drug-likeness (QED) is 0.684. The van der Waals surface area contributed by atoms with Gasteiger partial charge in [0.1, 0.15) is 0 Å². The van der Waals surface area contributed by atoms with Crippen molar-refractivity contribution in [3.63, 3.8) is 0 Å². The first-order valence-electron chi connectivity index (χ1n) is 3.36. The highest BCUT2D eigenvalue weighted by Crippen LogP contribution is 2.19. The summed E-state index contributed by atoms with van der Waals surface area (Å²) in [6, 6.07) is 6.84. The van der Waals surface area contributed by atoms with Gasteiger partial charge < -0.3 is 0 Å². The predicted octanol–water partition coefficient (Wildman–Crippen LogP) is 2.49. The lowest BCUT2D eigenvalue weighted by atomic mass is 10.2. The fraction of sp³-hybridized carbons (Fsp3) is 0.125. The van der Waals surface area contributed by atoms with Gasteiger partial charge in [-0.2, -0.15) is 18.4 Å². The van der Waals surface area contributed by atoms with Gasteiger partial charge in [0.05, 0.1) is 11.6 Å². The number of benzene rings is 1. The largest absolute Gasteiger partial charge is 0.482 e. The highest BCUT2D eigenvalue weighted by Gasteiger charge is 2.26. The minimum Gasteiger partial charge on any atom is -0.298 e. The zero-order valence-electron chi connectivity index (χ0n) is 6.39. The number of alkyl halides is 3. The molecule has 0 bridgehead atoms. The number of nitrogens with one attached hydrogen (secondary N) is 1. The first-order valence-corrected chi connectivity index (χ1v) is 3.36. The molecule has 2 nitrogen and oxygen atoms in total. The number of halogens is 3. The van der Waals surface area contributed by atoms with Crippen LogP contribution >= 0.6 is 0 Å². The van der Waals surface area contributed by atoms with Crippen molar-refractivity contribution in [3.8, 4) is 6.07 Å². The molecular formula is C8H5F3N2. The highest BCUT2D eigenvalue weighted by atomic mass is 19.4. The summed E-state index contributed by atoms with van der Waals surface area (Å²) in [5.41, 5.74) is 0.249. The Hall–Kier alpha value is -1.70. The number of rotatable bonds is 1. The molecule has 1 N–H and O–H groups in total. The van der Waals surface area contributed by atoms with E-state index in [1.807, 2.05) is 6.07 Å². The van der Waals surface area contributed by atoms with Crippen molar-refractivity contribution in [1.29, 1.82) is 5.26 Å². The molecule has 1 aromatic rings. The van der Waals surface area contributed by atoms with Gasteiger partial charge in [0.2, 0.25) is 0 Å². The Morgan fingerprint density at radius 3 is 2.08 bits per heavy atom. The zero-order valence-corrected chi connectivity index (χ0v) is 6.39. The second kappa shape index (κ2) is 3.35. The summed E-state index contributed by atoms with van der Waals surface area (Å²) in [7, 11) is 0. The van der Waals surface area contributed by atoms with Crippen LogP contribution in [0.1, 0.15) is 5.56 Å². The van der Waals surface area contributed by atoms with E-state index in [0.29, 0.717) is 5.56 Å². The van der Waals surface area contributed by atoms with E-state index in [2.05, 4.69) is 0 Å². The second-order valence-corrected chi connectivity index (χ2v) is 2.31. The SMILES string of the molecule is N#Cc1ccc(NC(F)(F)F)cc1. The van der Waals surface area contributed by atoms with Crippen molar-refractivity contribution in [2.24, 2.45) is 0 Å². The van der Waals surface area contributed by atoms with Crippen molar-refractivity contribution in [3.05, 3.63) is 29.8 Å². The Balaban J connectivity index is 2.77. The van der Waals surface area contributed by atoms with Gasteiger partial charge >= 0.3 is 6.30 Å². The van der Waals surface area contributed by atoms with E-state index in [4.69, 9.17) is 5.26 Å². The molecule has 0 heterocycles. The minimum absolute atomic E-state index is 0.0773. The van der Waals surface area contributed by atoms with Crippen LogP contribution in [0.15, 0.2) is 24.3 Å². The van der Waals surface area contributed by atoms with Crippen LogP contribution in [-0.4, -0.2) is 6.30 Å². The van der Waals surface area contributed by atoms with Crippen LogP contribution in [0.3, 0.4) is 0 Å². The molecule has 0 spiro atoms. The standard InChI is InChI=1S/C8H5F3N2/c9-8(10,11)13-7-3-1-6(5-12)2-4-7/h1-4,13H. The van der Waals surface area contributed by atoms with Crippen LogP contribution in [-0.2, 0) is 0 Å². The summed E-state index contributed by atoms with van der Waals surface area (Å²) >= 11 is 0. The average molecular weight is 186 g/mol. The number of hydrogen-bond acceptors (Lipinski definition) is 2. The average Bonchev–Trinajstić information content (AvgIpc) is 2.03. The monoisotopic (exact) mass is 186 g/mol.